The summed E-state index contributed by atoms with van der Waals surface area (Å²) >= 11 is 0. The number of carbonyl (C=O) groups excluding carboxylic acids is 1. The number of aromatic nitrogens is 1. The average Bonchev–Trinajstić information content (AvgIpc) is 2.69. The number of hydrogen-bond donors (Lipinski definition) is 1. The summed E-state index contributed by atoms with van der Waals surface area (Å²) in [6.45, 7) is 4.18. The summed E-state index contributed by atoms with van der Waals surface area (Å²) < 4.78 is 12.0. The van der Waals surface area contributed by atoms with Gasteiger partial charge in [0.25, 0.3) is 5.91 Å². The third-order valence-electron chi connectivity index (χ3n) is 4.79. The molecule has 3 aromatic rings. The fraction of sp³-hybridized carbons (Fsp3) is 0.273. The monoisotopic (exact) mass is 378 g/mol. The summed E-state index contributed by atoms with van der Waals surface area (Å²) in [7, 11) is 0. The summed E-state index contributed by atoms with van der Waals surface area (Å²) in [5.41, 5.74) is 0.545. The summed E-state index contributed by atoms with van der Waals surface area (Å²) in [6.07, 6.45) is 1.43. The number of hydrogen-bond acceptors (Lipinski definition) is 5. The van der Waals surface area contributed by atoms with E-state index >= 15 is 0 Å². The molecule has 0 saturated carbocycles. The molecule has 1 saturated heterocycles. The first kappa shape index (κ1) is 18.3. The molecular formula is C22H22N2O4. The van der Waals surface area contributed by atoms with Crippen molar-refractivity contribution in [1.82, 2.24) is 4.98 Å². The predicted octanol–water partition coefficient (Wildman–Crippen LogP) is 3.53. The Balaban J connectivity index is 1.54. The van der Waals surface area contributed by atoms with Crippen LogP contribution in [-0.4, -0.2) is 40.9 Å². The standard InChI is InChI=1S/C22H22N2O4/c1-22(2)21(26)24(16-8-10-17(25)11-9-16)13-18(28-22)14-27-19-7-3-5-15-6-4-12-23-20(15)19/h3-12,18,25H,13-14H2,1-2H3. The van der Waals surface area contributed by atoms with Gasteiger partial charge in [0.2, 0.25) is 0 Å². The molecule has 6 heteroatoms. The fourth-order valence-corrected chi connectivity index (χ4v) is 3.43. The van der Waals surface area contributed by atoms with E-state index in [1.54, 1.807) is 49.2 Å². The van der Waals surface area contributed by atoms with Crippen molar-refractivity contribution in [1.29, 1.82) is 0 Å². The molecule has 1 amide bonds. The first-order chi connectivity index (χ1) is 13.4. The zero-order chi connectivity index (χ0) is 19.7. The summed E-state index contributed by atoms with van der Waals surface area (Å²) in [4.78, 5) is 18.9. The lowest BCUT2D eigenvalue weighted by Gasteiger charge is -2.41. The van der Waals surface area contributed by atoms with Crippen molar-refractivity contribution < 1.29 is 19.4 Å². The van der Waals surface area contributed by atoms with Gasteiger partial charge >= 0.3 is 0 Å². The van der Waals surface area contributed by atoms with Crippen LogP contribution in [0.5, 0.6) is 11.5 Å². The number of amides is 1. The van der Waals surface area contributed by atoms with Gasteiger partial charge in [-0.25, -0.2) is 0 Å². The summed E-state index contributed by atoms with van der Waals surface area (Å²) in [5.74, 6) is 0.723. The Morgan fingerprint density at radius 2 is 1.93 bits per heavy atom. The van der Waals surface area contributed by atoms with Crippen molar-refractivity contribution in [2.75, 3.05) is 18.1 Å². The molecule has 1 aromatic heterocycles. The van der Waals surface area contributed by atoms with E-state index < -0.39 is 5.60 Å². The van der Waals surface area contributed by atoms with Crippen LogP contribution >= 0.6 is 0 Å². The van der Waals surface area contributed by atoms with Gasteiger partial charge in [-0.3, -0.25) is 9.78 Å². The lowest BCUT2D eigenvalue weighted by atomic mass is 10.0. The number of anilines is 1. The van der Waals surface area contributed by atoms with Crippen LogP contribution in [0.15, 0.2) is 60.8 Å². The highest BCUT2D eigenvalue weighted by molar-refractivity contribution is 5.99. The van der Waals surface area contributed by atoms with Gasteiger partial charge in [0, 0.05) is 17.3 Å². The van der Waals surface area contributed by atoms with Crippen molar-refractivity contribution in [2.24, 2.45) is 0 Å². The number of phenolic OH excluding ortho intramolecular Hbond substituents is 1. The zero-order valence-electron chi connectivity index (χ0n) is 15.8. The normalized spacial score (nSPS) is 19.0. The third-order valence-corrected chi connectivity index (χ3v) is 4.79. The maximum absolute atomic E-state index is 12.8. The molecule has 2 aromatic carbocycles. The number of benzene rings is 2. The lowest BCUT2D eigenvalue weighted by molar-refractivity contribution is -0.157. The van der Waals surface area contributed by atoms with Gasteiger partial charge in [-0.15, -0.1) is 0 Å². The van der Waals surface area contributed by atoms with E-state index in [-0.39, 0.29) is 17.8 Å². The van der Waals surface area contributed by atoms with Gasteiger partial charge in [-0.05, 0) is 50.2 Å². The molecule has 1 atom stereocenters. The second kappa shape index (κ2) is 7.13. The number of rotatable bonds is 4. The Morgan fingerprint density at radius 3 is 2.71 bits per heavy atom. The molecule has 2 heterocycles. The number of pyridine rings is 1. The van der Waals surface area contributed by atoms with Crippen molar-refractivity contribution in [3.8, 4) is 11.5 Å². The molecule has 1 fully saturated rings. The number of morpholine rings is 1. The molecule has 0 radical (unpaired) electrons. The first-order valence-corrected chi connectivity index (χ1v) is 9.19. The minimum atomic E-state index is -0.971. The van der Waals surface area contributed by atoms with Gasteiger partial charge in [-0.1, -0.05) is 18.2 Å². The molecule has 0 aliphatic carbocycles. The van der Waals surface area contributed by atoms with Crippen molar-refractivity contribution in [3.63, 3.8) is 0 Å². The molecular weight excluding hydrogens is 356 g/mol. The first-order valence-electron chi connectivity index (χ1n) is 9.19. The highest BCUT2D eigenvalue weighted by atomic mass is 16.6. The average molecular weight is 378 g/mol. The minimum Gasteiger partial charge on any atom is -0.508 e. The van der Waals surface area contributed by atoms with Crippen LogP contribution in [0.1, 0.15) is 13.8 Å². The van der Waals surface area contributed by atoms with E-state index in [4.69, 9.17) is 9.47 Å². The molecule has 1 aliphatic heterocycles. The van der Waals surface area contributed by atoms with E-state index in [0.29, 0.717) is 18.9 Å². The van der Waals surface area contributed by atoms with Crippen LogP contribution in [0.4, 0.5) is 5.69 Å². The Kier molecular flexibility index (Phi) is 4.65. The predicted molar refractivity (Wildman–Crippen MR) is 107 cm³/mol. The van der Waals surface area contributed by atoms with Gasteiger partial charge in [0.1, 0.15) is 35.3 Å². The molecule has 1 aliphatic rings. The second-order valence-electron chi connectivity index (χ2n) is 7.32. The number of nitrogens with zero attached hydrogens (tertiary/aromatic N) is 2. The van der Waals surface area contributed by atoms with E-state index in [1.807, 2.05) is 30.3 Å². The summed E-state index contributed by atoms with van der Waals surface area (Å²) in [6, 6.07) is 16.3. The highest BCUT2D eigenvalue weighted by Gasteiger charge is 2.42. The number of aromatic hydroxyl groups is 1. The van der Waals surface area contributed by atoms with Crippen LogP contribution in [-0.2, 0) is 9.53 Å². The second-order valence-corrected chi connectivity index (χ2v) is 7.32. The molecule has 6 nitrogen and oxygen atoms in total. The zero-order valence-corrected chi connectivity index (χ0v) is 15.8. The number of para-hydroxylation sites is 1. The van der Waals surface area contributed by atoms with E-state index in [1.165, 1.54) is 0 Å². The number of carbonyl (C=O) groups is 1. The topological polar surface area (TPSA) is 71.9 Å². The van der Waals surface area contributed by atoms with E-state index in [0.717, 1.165) is 16.6 Å². The van der Waals surface area contributed by atoms with Crippen molar-refractivity contribution in [3.05, 3.63) is 60.8 Å². The molecule has 0 spiro atoms. The maximum atomic E-state index is 12.8. The molecule has 28 heavy (non-hydrogen) atoms. The van der Waals surface area contributed by atoms with Gasteiger partial charge in [0.15, 0.2) is 0 Å². The highest BCUT2D eigenvalue weighted by Crippen LogP contribution is 2.29. The molecule has 4 rings (SSSR count). The summed E-state index contributed by atoms with van der Waals surface area (Å²) in [5, 5.41) is 10.5. The molecule has 1 unspecified atom stereocenters. The van der Waals surface area contributed by atoms with E-state index in [2.05, 4.69) is 4.98 Å². The quantitative estimate of drug-likeness (QED) is 0.752. The van der Waals surface area contributed by atoms with Crippen molar-refractivity contribution in [2.45, 2.75) is 25.6 Å². The molecule has 0 bridgehead atoms. The Labute approximate surface area is 163 Å². The van der Waals surface area contributed by atoms with Crippen LogP contribution < -0.4 is 9.64 Å². The van der Waals surface area contributed by atoms with Crippen LogP contribution in [0.3, 0.4) is 0 Å². The van der Waals surface area contributed by atoms with Crippen LogP contribution in [0.2, 0.25) is 0 Å². The van der Waals surface area contributed by atoms with Gasteiger partial charge in [0.05, 0.1) is 6.54 Å². The number of ether oxygens (including phenoxy) is 2. The Hall–Kier alpha value is -3.12. The Morgan fingerprint density at radius 1 is 1.18 bits per heavy atom. The van der Waals surface area contributed by atoms with Crippen LogP contribution in [0.25, 0.3) is 10.9 Å². The van der Waals surface area contributed by atoms with Crippen molar-refractivity contribution >= 4 is 22.5 Å². The lowest BCUT2D eigenvalue weighted by Crippen LogP contribution is -2.58. The Bertz CT molecular complexity index is 996. The number of fused-ring (bicyclic) bond motifs is 1. The van der Waals surface area contributed by atoms with E-state index in [9.17, 15) is 9.90 Å². The fourth-order valence-electron chi connectivity index (χ4n) is 3.43. The SMILES string of the molecule is CC1(C)OC(COc2cccc3cccnc23)CN(c2ccc(O)cc2)C1=O. The molecule has 1 N–H and O–H groups in total. The molecule has 144 valence electrons. The minimum absolute atomic E-state index is 0.124. The number of phenols is 1. The maximum Gasteiger partial charge on any atom is 0.258 e. The smallest absolute Gasteiger partial charge is 0.258 e. The third kappa shape index (κ3) is 3.51. The van der Waals surface area contributed by atoms with Crippen LogP contribution in [0, 0.1) is 0 Å². The largest absolute Gasteiger partial charge is 0.508 e. The van der Waals surface area contributed by atoms with Gasteiger partial charge < -0.3 is 19.5 Å². The van der Waals surface area contributed by atoms with Gasteiger partial charge in [-0.2, -0.15) is 0 Å².